The average molecular weight is 207 g/mol. The van der Waals surface area contributed by atoms with Crippen LogP contribution >= 0.6 is 12.4 Å². The monoisotopic (exact) mass is 206 g/mol. The number of rotatable bonds is 1. The second kappa shape index (κ2) is 5.81. The van der Waals surface area contributed by atoms with E-state index < -0.39 is 0 Å². The largest absolute Gasteiger partial charge is 0.363 e. The lowest BCUT2D eigenvalue weighted by atomic mass is 9.95. The van der Waals surface area contributed by atoms with Crippen molar-refractivity contribution in [2.45, 2.75) is 25.5 Å². The van der Waals surface area contributed by atoms with Gasteiger partial charge in [-0.25, -0.2) is 0 Å². The maximum Gasteiger partial charge on any atom is 0.111 e. The molecule has 2 heterocycles. The fourth-order valence-electron chi connectivity index (χ4n) is 2.04. The number of ether oxygens (including phenoxy) is 1. The molecule has 2 aliphatic heterocycles. The summed E-state index contributed by atoms with van der Waals surface area (Å²) in [7, 11) is 0. The zero-order valence-electron chi connectivity index (χ0n) is 7.92. The van der Waals surface area contributed by atoms with Gasteiger partial charge < -0.3 is 10.1 Å². The highest BCUT2D eigenvalue weighted by Gasteiger charge is 2.25. The van der Waals surface area contributed by atoms with Crippen LogP contribution in [-0.4, -0.2) is 32.5 Å². The minimum atomic E-state index is 0. The van der Waals surface area contributed by atoms with E-state index in [2.05, 4.69) is 10.6 Å². The van der Waals surface area contributed by atoms with Crippen LogP contribution in [0.15, 0.2) is 0 Å². The van der Waals surface area contributed by atoms with Gasteiger partial charge in [-0.05, 0) is 38.9 Å². The molecule has 2 saturated heterocycles. The molecule has 0 radical (unpaired) electrons. The Morgan fingerprint density at radius 1 is 1.08 bits per heavy atom. The first kappa shape index (κ1) is 11.2. The standard InChI is InChI=1S/C9H18N2O.ClH/c1-4-11-9(12-7-1)8-2-5-10-6-3-8;/h8-11H,1-7H2;1H. The van der Waals surface area contributed by atoms with Gasteiger partial charge in [0.1, 0.15) is 6.23 Å². The van der Waals surface area contributed by atoms with Crippen molar-refractivity contribution < 1.29 is 4.74 Å². The molecular formula is C9H19ClN2O. The Morgan fingerprint density at radius 2 is 1.85 bits per heavy atom. The third-order valence-electron chi connectivity index (χ3n) is 2.78. The molecule has 2 rings (SSSR count). The molecule has 2 N–H and O–H groups in total. The van der Waals surface area contributed by atoms with Crippen LogP contribution in [0.4, 0.5) is 0 Å². The molecule has 0 amide bonds. The van der Waals surface area contributed by atoms with Gasteiger partial charge in [0.2, 0.25) is 0 Å². The Bertz CT molecular complexity index is 118. The first-order chi connectivity index (χ1) is 5.97. The molecule has 2 fully saturated rings. The molecule has 3 nitrogen and oxygen atoms in total. The predicted molar refractivity (Wildman–Crippen MR) is 55.2 cm³/mol. The summed E-state index contributed by atoms with van der Waals surface area (Å²) < 4.78 is 5.68. The van der Waals surface area contributed by atoms with Crippen LogP contribution in [0.3, 0.4) is 0 Å². The van der Waals surface area contributed by atoms with Gasteiger partial charge in [-0.3, -0.25) is 5.32 Å². The smallest absolute Gasteiger partial charge is 0.111 e. The highest BCUT2D eigenvalue weighted by Crippen LogP contribution is 2.18. The zero-order valence-corrected chi connectivity index (χ0v) is 8.74. The summed E-state index contributed by atoms with van der Waals surface area (Å²) in [6.07, 6.45) is 4.04. The van der Waals surface area contributed by atoms with Gasteiger partial charge in [-0.15, -0.1) is 12.4 Å². The third-order valence-corrected chi connectivity index (χ3v) is 2.78. The van der Waals surface area contributed by atoms with Crippen molar-refractivity contribution in [3.05, 3.63) is 0 Å². The molecule has 13 heavy (non-hydrogen) atoms. The zero-order chi connectivity index (χ0) is 8.23. The minimum absolute atomic E-state index is 0. The fourth-order valence-corrected chi connectivity index (χ4v) is 2.04. The fraction of sp³-hybridized carbons (Fsp3) is 1.00. The minimum Gasteiger partial charge on any atom is -0.363 e. The average Bonchev–Trinajstić information content (AvgIpc) is 2.21. The van der Waals surface area contributed by atoms with Crippen LogP contribution in [-0.2, 0) is 4.74 Å². The molecule has 0 aromatic carbocycles. The Balaban J connectivity index is 0.000000845. The number of piperidine rings is 1. The van der Waals surface area contributed by atoms with Crippen LogP contribution in [0.25, 0.3) is 0 Å². The van der Waals surface area contributed by atoms with Crippen molar-refractivity contribution in [1.82, 2.24) is 10.6 Å². The summed E-state index contributed by atoms with van der Waals surface area (Å²) in [6.45, 7) is 4.40. The van der Waals surface area contributed by atoms with Crippen LogP contribution < -0.4 is 10.6 Å². The van der Waals surface area contributed by atoms with Gasteiger partial charge in [0, 0.05) is 12.5 Å². The lowest BCUT2D eigenvalue weighted by Gasteiger charge is -2.33. The summed E-state index contributed by atoms with van der Waals surface area (Å²) in [5.41, 5.74) is 0. The van der Waals surface area contributed by atoms with E-state index in [0.29, 0.717) is 6.23 Å². The predicted octanol–water partition coefficient (Wildman–Crippen LogP) is 0.744. The van der Waals surface area contributed by atoms with Crippen molar-refractivity contribution in [1.29, 1.82) is 0 Å². The normalized spacial score (nSPS) is 30.9. The van der Waals surface area contributed by atoms with Crippen molar-refractivity contribution in [3.8, 4) is 0 Å². The Kier molecular flexibility index (Phi) is 5.02. The van der Waals surface area contributed by atoms with E-state index in [4.69, 9.17) is 4.74 Å². The highest BCUT2D eigenvalue weighted by atomic mass is 35.5. The van der Waals surface area contributed by atoms with Crippen LogP contribution in [0, 0.1) is 5.92 Å². The SMILES string of the molecule is C1CNC(C2CCNCC2)OC1.Cl. The van der Waals surface area contributed by atoms with E-state index in [1.165, 1.54) is 19.3 Å². The Hall–Kier alpha value is 0.170. The molecule has 0 bridgehead atoms. The molecule has 4 heteroatoms. The van der Waals surface area contributed by atoms with Gasteiger partial charge in [0.05, 0.1) is 0 Å². The topological polar surface area (TPSA) is 33.3 Å². The summed E-state index contributed by atoms with van der Waals surface area (Å²) in [5, 5.41) is 6.81. The third kappa shape index (κ3) is 3.09. The van der Waals surface area contributed by atoms with E-state index in [1.807, 2.05) is 0 Å². The van der Waals surface area contributed by atoms with Gasteiger partial charge in [0.15, 0.2) is 0 Å². The molecule has 1 atom stereocenters. The molecule has 78 valence electrons. The van der Waals surface area contributed by atoms with Crippen LogP contribution in [0.2, 0.25) is 0 Å². The lowest BCUT2D eigenvalue weighted by molar-refractivity contribution is -0.0431. The second-order valence-corrected chi connectivity index (χ2v) is 3.69. The second-order valence-electron chi connectivity index (χ2n) is 3.69. The summed E-state index contributed by atoms with van der Waals surface area (Å²) >= 11 is 0. The van der Waals surface area contributed by atoms with Gasteiger partial charge in [0.25, 0.3) is 0 Å². The van der Waals surface area contributed by atoms with Gasteiger partial charge >= 0.3 is 0 Å². The van der Waals surface area contributed by atoms with Crippen molar-refractivity contribution >= 4 is 12.4 Å². The first-order valence-electron chi connectivity index (χ1n) is 5.02. The van der Waals surface area contributed by atoms with E-state index in [0.717, 1.165) is 32.2 Å². The molecule has 0 aromatic heterocycles. The molecule has 1 unspecified atom stereocenters. The van der Waals surface area contributed by atoms with Crippen molar-refractivity contribution in [3.63, 3.8) is 0 Å². The summed E-state index contributed by atoms with van der Waals surface area (Å²) in [4.78, 5) is 0. The van der Waals surface area contributed by atoms with E-state index in [1.54, 1.807) is 0 Å². The quantitative estimate of drug-likeness (QED) is 0.664. The summed E-state index contributed by atoms with van der Waals surface area (Å²) in [5.74, 6) is 0.742. The molecular weight excluding hydrogens is 188 g/mol. The maximum atomic E-state index is 5.68. The van der Waals surface area contributed by atoms with Crippen LogP contribution in [0.1, 0.15) is 19.3 Å². The van der Waals surface area contributed by atoms with Crippen LogP contribution in [0.5, 0.6) is 0 Å². The first-order valence-corrected chi connectivity index (χ1v) is 5.02. The van der Waals surface area contributed by atoms with E-state index in [-0.39, 0.29) is 12.4 Å². The molecule has 0 aromatic rings. The molecule has 2 aliphatic rings. The molecule has 0 saturated carbocycles. The van der Waals surface area contributed by atoms with Crippen molar-refractivity contribution in [2.75, 3.05) is 26.2 Å². The number of hydrogen-bond acceptors (Lipinski definition) is 3. The number of halogens is 1. The van der Waals surface area contributed by atoms with Gasteiger partial charge in [-0.1, -0.05) is 0 Å². The number of hydrogen-bond donors (Lipinski definition) is 2. The van der Waals surface area contributed by atoms with E-state index in [9.17, 15) is 0 Å². The number of nitrogens with one attached hydrogen (secondary N) is 2. The van der Waals surface area contributed by atoms with Crippen molar-refractivity contribution in [2.24, 2.45) is 5.92 Å². The summed E-state index contributed by atoms with van der Waals surface area (Å²) in [6, 6.07) is 0. The van der Waals surface area contributed by atoms with E-state index >= 15 is 0 Å². The molecule has 0 aliphatic carbocycles. The molecule has 0 spiro atoms. The van der Waals surface area contributed by atoms with Gasteiger partial charge in [-0.2, -0.15) is 0 Å². The lowest BCUT2D eigenvalue weighted by Crippen LogP contribution is -2.46. The highest BCUT2D eigenvalue weighted by molar-refractivity contribution is 5.85. The Morgan fingerprint density at radius 3 is 2.46 bits per heavy atom. The maximum absolute atomic E-state index is 5.68. The Labute approximate surface area is 86.0 Å².